The number of pyridine rings is 1. The zero-order valence-corrected chi connectivity index (χ0v) is 13.8. The first-order chi connectivity index (χ1) is 10.5. The van der Waals surface area contributed by atoms with Crippen LogP contribution < -0.4 is 0 Å². The molecule has 22 heavy (non-hydrogen) atoms. The van der Waals surface area contributed by atoms with Gasteiger partial charge in [-0.05, 0) is 37.0 Å². The van der Waals surface area contributed by atoms with Crippen LogP contribution in [-0.4, -0.2) is 54.4 Å². The molecule has 0 aliphatic carbocycles. The summed E-state index contributed by atoms with van der Waals surface area (Å²) in [5.74, 6) is 0.0445. The molecular formula is C15H23N3O3S. The van der Waals surface area contributed by atoms with Gasteiger partial charge in [-0.15, -0.1) is 0 Å². The standard InChI is InChI=1S/C15H23N3O3S/c1-22(20,21)18(13-14-5-8-16-9-6-14)12-7-15(19)17-10-3-2-4-11-17/h5-6,8-9H,2-4,7,10-13H2,1H3. The Morgan fingerprint density at radius 3 is 2.45 bits per heavy atom. The molecule has 6 nitrogen and oxygen atoms in total. The van der Waals surface area contributed by atoms with Crippen LogP contribution in [0.4, 0.5) is 0 Å². The number of amides is 1. The van der Waals surface area contributed by atoms with Crippen molar-refractivity contribution in [1.82, 2.24) is 14.2 Å². The minimum absolute atomic E-state index is 0.0445. The Kier molecular flexibility index (Phi) is 5.90. The summed E-state index contributed by atoms with van der Waals surface area (Å²) in [4.78, 5) is 17.9. The molecule has 7 heteroatoms. The van der Waals surface area contributed by atoms with Crippen LogP contribution in [0.5, 0.6) is 0 Å². The van der Waals surface area contributed by atoms with Crippen LogP contribution in [0.2, 0.25) is 0 Å². The summed E-state index contributed by atoms with van der Waals surface area (Å²) in [5.41, 5.74) is 0.867. The Hall–Kier alpha value is -1.47. The molecule has 0 spiro atoms. The van der Waals surface area contributed by atoms with E-state index in [1.807, 2.05) is 4.90 Å². The van der Waals surface area contributed by atoms with Crippen LogP contribution in [0, 0.1) is 0 Å². The second-order valence-electron chi connectivity index (χ2n) is 5.64. The normalized spacial score (nSPS) is 16.0. The molecule has 1 aromatic heterocycles. The number of hydrogen-bond acceptors (Lipinski definition) is 4. The first-order valence-corrected chi connectivity index (χ1v) is 9.43. The van der Waals surface area contributed by atoms with Gasteiger partial charge in [0.1, 0.15) is 0 Å². The van der Waals surface area contributed by atoms with Crippen LogP contribution in [0.3, 0.4) is 0 Å². The molecule has 0 saturated carbocycles. The molecule has 1 aromatic rings. The third-order valence-electron chi connectivity index (χ3n) is 3.86. The first kappa shape index (κ1) is 16.9. The molecular weight excluding hydrogens is 302 g/mol. The molecule has 0 N–H and O–H groups in total. The van der Waals surface area contributed by atoms with Crippen molar-refractivity contribution in [3.05, 3.63) is 30.1 Å². The lowest BCUT2D eigenvalue weighted by Gasteiger charge is -2.28. The van der Waals surface area contributed by atoms with Crippen molar-refractivity contribution in [1.29, 1.82) is 0 Å². The second kappa shape index (κ2) is 7.69. The minimum atomic E-state index is -3.35. The van der Waals surface area contributed by atoms with Gasteiger partial charge in [-0.3, -0.25) is 9.78 Å². The van der Waals surface area contributed by atoms with Crippen molar-refractivity contribution in [2.24, 2.45) is 0 Å². The molecule has 1 aliphatic rings. The third-order valence-corrected chi connectivity index (χ3v) is 5.11. The first-order valence-electron chi connectivity index (χ1n) is 7.58. The zero-order chi connectivity index (χ0) is 16.0. The number of carbonyl (C=O) groups excluding carboxylic acids is 1. The van der Waals surface area contributed by atoms with E-state index in [0.29, 0.717) is 0 Å². The molecule has 0 radical (unpaired) electrons. The summed E-state index contributed by atoms with van der Waals surface area (Å²) < 4.78 is 25.2. The smallest absolute Gasteiger partial charge is 0.223 e. The number of likely N-dealkylation sites (tertiary alicyclic amines) is 1. The fourth-order valence-corrected chi connectivity index (χ4v) is 3.38. The Labute approximate surface area is 132 Å². The van der Waals surface area contributed by atoms with Crippen molar-refractivity contribution in [3.63, 3.8) is 0 Å². The van der Waals surface area contributed by atoms with E-state index in [2.05, 4.69) is 4.98 Å². The van der Waals surface area contributed by atoms with Crippen molar-refractivity contribution < 1.29 is 13.2 Å². The van der Waals surface area contributed by atoms with E-state index < -0.39 is 10.0 Å². The number of piperidine rings is 1. The van der Waals surface area contributed by atoms with E-state index >= 15 is 0 Å². The van der Waals surface area contributed by atoms with Gasteiger partial charge < -0.3 is 4.90 Å². The van der Waals surface area contributed by atoms with Crippen molar-refractivity contribution in [3.8, 4) is 0 Å². The number of rotatable bonds is 6. The molecule has 0 bridgehead atoms. The average molecular weight is 325 g/mol. The lowest BCUT2D eigenvalue weighted by atomic mass is 10.1. The molecule has 122 valence electrons. The molecule has 0 atom stereocenters. The Morgan fingerprint density at radius 2 is 1.86 bits per heavy atom. The fraction of sp³-hybridized carbons (Fsp3) is 0.600. The van der Waals surface area contributed by atoms with Crippen LogP contribution in [0.1, 0.15) is 31.2 Å². The third kappa shape index (κ3) is 5.06. The van der Waals surface area contributed by atoms with Crippen LogP contribution in [0.25, 0.3) is 0 Å². The van der Waals surface area contributed by atoms with Gasteiger partial charge >= 0.3 is 0 Å². The van der Waals surface area contributed by atoms with Gasteiger partial charge in [-0.25, -0.2) is 8.42 Å². The lowest BCUT2D eigenvalue weighted by molar-refractivity contribution is -0.132. The second-order valence-corrected chi connectivity index (χ2v) is 7.63. The molecule has 1 saturated heterocycles. The van der Waals surface area contributed by atoms with Crippen molar-refractivity contribution in [2.75, 3.05) is 25.9 Å². The summed E-state index contributed by atoms with van der Waals surface area (Å²) >= 11 is 0. The molecule has 2 rings (SSSR count). The van der Waals surface area contributed by atoms with Gasteiger partial charge in [0.15, 0.2) is 0 Å². The maximum absolute atomic E-state index is 12.2. The van der Waals surface area contributed by atoms with Crippen LogP contribution in [0.15, 0.2) is 24.5 Å². The van der Waals surface area contributed by atoms with Crippen LogP contribution >= 0.6 is 0 Å². The van der Waals surface area contributed by atoms with Crippen molar-refractivity contribution >= 4 is 15.9 Å². The molecule has 1 fully saturated rings. The lowest BCUT2D eigenvalue weighted by Crippen LogP contribution is -2.38. The van der Waals surface area contributed by atoms with Gasteiger partial charge in [-0.1, -0.05) is 0 Å². The quantitative estimate of drug-likeness (QED) is 0.789. The van der Waals surface area contributed by atoms with Gasteiger partial charge in [0.25, 0.3) is 0 Å². The Morgan fingerprint density at radius 1 is 1.23 bits per heavy atom. The molecule has 0 unspecified atom stereocenters. The van der Waals surface area contributed by atoms with E-state index in [-0.39, 0.29) is 25.4 Å². The maximum atomic E-state index is 12.2. The largest absolute Gasteiger partial charge is 0.343 e. The number of hydrogen-bond donors (Lipinski definition) is 0. The summed E-state index contributed by atoms with van der Waals surface area (Å²) in [7, 11) is -3.35. The fourth-order valence-electron chi connectivity index (χ4n) is 2.58. The molecule has 1 aliphatic heterocycles. The number of nitrogens with zero attached hydrogens (tertiary/aromatic N) is 3. The van der Waals surface area contributed by atoms with Gasteiger partial charge in [0.05, 0.1) is 6.26 Å². The minimum Gasteiger partial charge on any atom is -0.343 e. The van der Waals surface area contributed by atoms with E-state index in [1.54, 1.807) is 24.5 Å². The van der Waals surface area contributed by atoms with Gasteiger partial charge in [-0.2, -0.15) is 4.31 Å². The van der Waals surface area contributed by atoms with Crippen molar-refractivity contribution in [2.45, 2.75) is 32.2 Å². The van der Waals surface area contributed by atoms with E-state index in [0.717, 1.165) is 31.5 Å². The molecule has 1 amide bonds. The van der Waals surface area contributed by atoms with E-state index in [9.17, 15) is 13.2 Å². The highest BCUT2D eigenvalue weighted by molar-refractivity contribution is 7.88. The summed E-state index contributed by atoms with van der Waals surface area (Å²) in [5, 5.41) is 0. The number of carbonyl (C=O) groups is 1. The predicted octanol–water partition coefficient (Wildman–Crippen LogP) is 1.25. The topological polar surface area (TPSA) is 70.6 Å². The average Bonchev–Trinajstić information content (AvgIpc) is 2.52. The van der Waals surface area contributed by atoms with Crippen LogP contribution in [-0.2, 0) is 21.4 Å². The van der Waals surface area contributed by atoms with E-state index in [4.69, 9.17) is 0 Å². The van der Waals surface area contributed by atoms with Gasteiger partial charge in [0.2, 0.25) is 15.9 Å². The highest BCUT2D eigenvalue weighted by atomic mass is 32.2. The number of sulfonamides is 1. The predicted molar refractivity (Wildman–Crippen MR) is 84.5 cm³/mol. The number of aromatic nitrogens is 1. The maximum Gasteiger partial charge on any atom is 0.223 e. The monoisotopic (exact) mass is 325 g/mol. The summed E-state index contributed by atoms with van der Waals surface area (Å²) in [6, 6.07) is 3.56. The Bertz CT molecular complexity index is 583. The molecule has 2 heterocycles. The van der Waals surface area contributed by atoms with Gasteiger partial charge in [0, 0.05) is 45.0 Å². The molecule has 0 aromatic carbocycles. The SMILES string of the molecule is CS(=O)(=O)N(CCC(=O)N1CCCCC1)Cc1ccncc1. The van der Waals surface area contributed by atoms with E-state index in [1.165, 1.54) is 17.0 Å². The highest BCUT2D eigenvalue weighted by Gasteiger charge is 2.21. The summed E-state index contributed by atoms with van der Waals surface area (Å²) in [6.07, 6.45) is 7.93. The zero-order valence-electron chi connectivity index (χ0n) is 12.9. The Balaban J connectivity index is 1.94. The summed E-state index contributed by atoms with van der Waals surface area (Å²) in [6.45, 7) is 2.08. The highest BCUT2D eigenvalue weighted by Crippen LogP contribution is 2.12.